The smallest absolute Gasteiger partial charge is 0.230 e. The number of ether oxygens (including phenoxy) is 1. The van der Waals surface area contributed by atoms with Crippen LogP contribution in [-0.2, 0) is 0 Å². The maximum Gasteiger partial charge on any atom is 0.230 e. The molecule has 1 aromatic heterocycles. The SMILES string of the molecule is COc1cccc(N(C)c2nccc(C(=N)N)n2)c1. The lowest BCUT2D eigenvalue weighted by atomic mass is 10.3. The Morgan fingerprint density at radius 1 is 1.37 bits per heavy atom. The molecular formula is C13H15N5O. The minimum Gasteiger partial charge on any atom is -0.497 e. The number of nitrogen functional groups attached to an aromatic ring is 1. The number of amidine groups is 1. The van der Waals surface area contributed by atoms with Gasteiger partial charge in [0.2, 0.25) is 5.95 Å². The lowest BCUT2D eigenvalue weighted by Crippen LogP contribution is -2.18. The van der Waals surface area contributed by atoms with Crippen molar-refractivity contribution in [3.05, 3.63) is 42.2 Å². The molecule has 0 amide bonds. The Kier molecular flexibility index (Phi) is 3.61. The van der Waals surface area contributed by atoms with E-state index in [2.05, 4.69) is 9.97 Å². The largest absolute Gasteiger partial charge is 0.497 e. The molecule has 3 N–H and O–H groups in total. The normalized spacial score (nSPS) is 10.0. The van der Waals surface area contributed by atoms with Crippen LogP contribution < -0.4 is 15.4 Å². The van der Waals surface area contributed by atoms with Crippen LogP contribution in [0.2, 0.25) is 0 Å². The molecule has 0 radical (unpaired) electrons. The molecule has 98 valence electrons. The summed E-state index contributed by atoms with van der Waals surface area (Å²) in [7, 11) is 3.46. The number of benzene rings is 1. The molecule has 1 aromatic carbocycles. The predicted molar refractivity (Wildman–Crippen MR) is 74.1 cm³/mol. The van der Waals surface area contributed by atoms with Crippen LogP contribution in [0.1, 0.15) is 5.69 Å². The van der Waals surface area contributed by atoms with Gasteiger partial charge in [-0.1, -0.05) is 6.07 Å². The van der Waals surface area contributed by atoms with Gasteiger partial charge < -0.3 is 15.4 Å². The Morgan fingerprint density at radius 2 is 2.16 bits per heavy atom. The van der Waals surface area contributed by atoms with Crippen molar-refractivity contribution in [3.63, 3.8) is 0 Å². The van der Waals surface area contributed by atoms with Crippen molar-refractivity contribution in [2.45, 2.75) is 0 Å². The number of anilines is 2. The quantitative estimate of drug-likeness (QED) is 0.640. The van der Waals surface area contributed by atoms with Gasteiger partial charge in [0.15, 0.2) is 0 Å². The monoisotopic (exact) mass is 257 g/mol. The maximum atomic E-state index is 7.39. The van der Waals surface area contributed by atoms with Gasteiger partial charge in [-0.05, 0) is 18.2 Å². The molecule has 0 saturated heterocycles. The number of hydrogen-bond donors (Lipinski definition) is 2. The summed E-state index contributed by atoms with van der Waals surface area (Å²) < 4.78 is 5.18. The summed E-state index contributed by atoms with van der Waals surface area (Å²) in [6.07, 6.45) is 1.58. The number of methoxy groups -OCH3 is 1. The summed E-state index contributed by atoms with van der Waals surface area (Å²) >= 11 is 0. The van der Waals surface area contributed by atoms with E-state index in [1.165, 1.54) is 0 Å². The highest BCUT2D eigenvalue weighted by atomic mass is 16.5. The van der Waals surface area contributed by atoms with Crippen molar-refractivity contribution in [2.75, 3.05) is 19.1 Å². The Labute approximate surface area is 111 Å². The zero-order valence-corrected chi connectivity index (χ0v) is 10.8. The highest BCUT2D eigenvalue weighted by molar-refractivity contribution is 5.93. The number of nitrogens with one attached hydrogen (secondary N) is 1. The minimum absolute atomic E-state index is 0.0808. The molecule has 0 aliphatic heterocycles. The van der Waals surface area contributed by atoms with Crippen LogP contribution >= 0.6 is 0 Å². The first-order chi connectivity index (χ1) is 9.11. The summed E-state index contributed by atoms with van der Waals surface area (Å²) in [6, 6.07) is 9.16. The molecule has 0 aliphatic rings. The summed E-state index contributed by atoms with van der Waals surface area (Å²) in [5, 5.41) is 7.39. The first kappa shape index (κ1) is 12.8. The van der Waals surface area contributed by atoms with Crippen LogP contribution in [0, 0.1) is 5.41 Å². The van der Waals surface area contributed by atoms with Crippen molar-refractivity contribution in [2.24, 2.45) is 5.73 Å². The van der Waals surface area contributed by atoms with E-state index in [0.29, 0.717) is 11.6 Å². The van der Waals surface area contributed by atoms with E-state index in [-0.39, 0.29) is 5.84 Å². The van der Waals surface area contributed by atoms with Gasteiger partial charge in [0.25, 0.3) is 0 Å². The summed E-state index contributed by atoms with van der Waals surface area (Å²) in [4.78, 5) is 10.2. The molecule has 0 saturated carbocycles. The third-order valence-electron chi connectivity index (χ3n) is 2.66. The predicted octanol–water partition coefficient (Wildman–Crippen LogP) is 1.54. The van der Waals surface area contributed by atoms with Gasteiger partial charge in [0.05, 0.1) is 7.11 Å². The Bertz CT molecular complexity index is 599. The molecule has 0 aliphatic carbocycles. The average molecular weight is 257 g/mol. The van der Waals surface area contributed by atoms with E-state index in [1.807, 2.05) is 31.3 Å². The first-order valence-electron chi connectivity index (χ1n) is 5.67. The van der Waals surface area contributed by atoms with E-state index >= 15 is 0 Å². The lowest BCUT2D eigenvalue weighted by molar-refractivity contribution is 0.415. The Hall–Kier alpha value is -2.63. The molecule has 6 heteroatoms. The molecule has 0 unspecified atom stereocenters. The molecule has 19 heavy (non-hydrogen) atoms. The van der Waals surface area contributed by atoms with Crippen molar-refractivity contribution in [1.29, 1.82) is 5.41 Å². The van der Waals surface area contributed by atoms with E-state index < -0.39 is 0 Å². The van der Waals surface area contributed by atoms with Gasteiger partial charge in [-0.2, -0.15) is 0 Å². The number of hydrogen-bond acceptors (Lipinski definition) is 5. The highest BCUT2D eigenvalue weighted by Crippen LogP contribution is 2.24. The van der Waals surface area contributed by atoms with Gasteiger partial charge in [0.1, 0.15) is 17.3 Å². The van der Waals surface area contributed by atoms with Gasteiger partial charge in [-0.3, -0.25) is 5.41 Å². The number of nitrogens with zero attached hydrogens (tertiary/aromatic N) is 3. The van der Waals surface area contributed by atoms with Crippen LogP contribution in [0.5, 0.6) is 5.75 Å². The zero-order chi connectivity index (χ0) is 13.8. The fraction of sp³-hybridized carbons (Fsp3) is 0.154. The third-order valence-corrected chi connectivity index (χ3v) is 2.66. The fourth-order valence-electron chi connectivity index (χ4n) is 1.59. The third kappa shape index (κ3) is 2.79. The van der Waals surface area contributed by atoms with E-state index in [9.17, 15) is 0 Å². The Morgan fingerprint density at radius 3 is 2.84 bits per heavy atom. The molecule has 0 fully saturated rings. The second kappa shape index (κ2) is 5.34. The summed E-state index contributed by atoms with van der Waals surface area (Å²) in [5.74, 6) is 1.15. The van der Waals surface area contributed by atoms with Crippen molar-refractivity contribution in [1.82, 2.24) is 9.97 Å². The van der Waals surface area contributed by atoms with E-state index in [0.717, 1.165) is 11.4 Å². The molecule has 6 nitrogen and oxygen atoms in total. The Balaban J connectivity index is 2.35. The first-order valence-corrected chi connectivity index (χ1v) is 5.67. The molecule has 0 atom stereocenters. The second-order valence-electron chi connectivity index (χ2n) is 3.92. The van der Waals surface area contributed by atoms with Crippen molar-refractivity contribution >= 4 is 17.5 Å². The highest BCUT2D eigenvalue weighted by Gasteiger charge is 2.09. The molecule has 2 rings (SSSR count). The minimum atomic E-state index is -0.0808. The summed E-state index contributed by atoms with van der Waals surface area (Å²) in [5.41, 5.74) is 6.71. The van der Waals surface area contributed by atoms with Crippen LogP contribution in [0.15, 0.2) is 36.5 Å². The number of aromatic nitrogens is 2. The van der Waals surface area contributed by atoms with Gasteiger partial charge in [-0.15, -0.1) is 0 Å². The fourth-order valence-corrected chi connectivity index (χ4v) is 1.59. The standard InChI is InChI=1S/C13H15N5O/c1-18(9-4-3-5-10(8-9)19-2)13-16-7-6-11(17-13)12(14)15/h3-8H,1-2H3,(H3,14,15). The van der Waals surface area contributed by atoms with Crippen molar-refractivity contribution in [3.8, 4) is 5.75 Å². The van der Waals surface area contributed by atoms with Crippen molar-refractivity contribution < 1.29 is 4.74 Å². The molecule has 1 heterocycles. The molecule has 0 bridgehead atoms. The van der Waals surface area contributed by atoms with E-state index in [4.69, 9.17) is 15.9 Å². The van der Waals surface area contributed by atoms with Crippen LogP contribution in [0.4, 0.5) is 11.6 Å². The molecular weight excluding hydrogens is 242 g/mol. The topological polar surface area (TPSA) is 88.1 Å². The lowest BCUT2D eigenvalue weighted by Gasteiger charge is -2.18. The molecule has 2 aromatic rings. The zero-order valence-electron chi connectivity index (χ0n) is 10.8. The van der Waals surface area contributed by atoms with Gasteiger partial charge in [0, 0.05) is 25.0 Å². The van der Waals surface area contributed by atoms with Gasteiger partial charge >= 0.3 is 0 Å². The average Bonchev–Trinajstić information content (AvgIpc) is 2.46. The van der Waals surface area contributed by atoms with Crippen LogP contribution in [0.25, 0.3) is 0 Å². The summed E-state index contributed by atoms with van der Waals surface area (Å²) in [6.45, 7) is 0. The van der Waals surface area contributed by atoms with Crippen LogP contribution in [0.3, 0.4) is 0 Å². The van der Waals surface area contributed by atoms with Gasteiger partial charge in [-0.25, -0.2) is 9.97 Å². The molecule has 0 spiro atoms. The second-order valence-corrected chi connectivity index (χ2v) is 3.92. The van der Waals surface area contributed by atoms with E-state index in [1.54, 1.807) is 24.3 Å². The van der Waals surface area contributed by atoms with Crippen LogP contribution in [-0.4, -0.2) is 30.0 Å². The number of nitrogens with two attached hydrogens (primary N) is 1. The number of rotatable bonds is 4. The maximum absolute atomic E-state index is 7.39.